The Morgan fingerprint density at radius 2 is 1.95 bits per heavy atom. The maximum absolute atomic E-state index is 11.8. The predicted molar refractivity (Wildman–Crippen MR) is 80.7 cm³/mol. The van der Waals surface area contributed by atoms with Crippen LogP contribution in [0.4, 0.5) is 15.6 Å². The zero-order chi connectivity index (χ0) is 15.6. The van der Waals surface area contributed by atoms with Gasteiger partial charge in [0.25, 0.3) is 0 Å². The fourth-order valence-corrected chi connectivity index (χ4v) is 2.59. The number of nitrogens with one attached hydrogen (secondary N) is 2. The number of hydrogen-bond acceptors (Lipinski definition) is 5. The second-order valence-electron chi connectivity index (χ2n) is 3.82. The Labute approximate surface area is 132 Å². The van der Waals surface area contributed by atoms with Crippen LogP contribution < -0.4 is 10.6 Å². The van der Waals surface area contributed by atoms with Gasteiger partial charge >= 0.3 is 12.0 Å². The maximum Gasteiger partial charge on any atom is 0.337 e. The number of rotatable bonds is 3. The van der Waals surface area contributed by atoms with Crippen LogP contribution in [0.25, 0.3) is 0 Å². The van der Waals surface area contributed by atoms with Crippen molar-refractivity contribution >= 4 is 57.4 Å². The van der Waals surface area contributed by atoms with E-state index in [4.69, 9.17) is 28.3 Å². The molecule has 1 aromatic heterocycles. The van der Waals surface area contributed by atoms with E-state index >= 15 is 0 Å². The highest BCUT2D eigenvalue weighted by molar-refractivity contribution is 7.15. The van der Waals surface area contributed by atoms with Crippen molar-refractivity contribution in [3.63, 3.8) is 0 Å². The molecule has 7 nitrogen and oxygen atoms in total. The molecule has 0 saturated carbocycles. The first-order chi connectivity index (χ1) is 9.86. The Bertz CT molecular complexity index is 719. The summed E-state index contributed by atoms with van der Waals surface area (Å²) in [6.45, 7) is 1.74. The van der Waals surface area contributed by atoms with E-state index in [1.807, 2.05) is 0 Å². The molecular weight excluding hydrogens is 339 g/mol. The van der Waals surface area contributed by atoms with Gasteiger partial charge in [0.2, 0.25) is 5.13 Å². The minimum Gasteiger partial charge on any atom is -0.478 e. The number of aromatic nitrogens is 2. The molecule has 3 N–H and O–H groups in total. The smallest absolute Gasteiger partial charge is 0.337 e. The summed E-state index contributed by atoms with van der Waals surface area (Å²) in [6.07, 6.45) is 0. The van der Waals surface area contributed by atoms with Crippen LogP contribution in [0, 0.1) is 6.92 Å². The van der Waals surface area contributed by atoms with Gasteiger partial charge in [-0.3, -0.25) is 5.32 Å². The second-order valence-corrected chi connectivity index (χ2v) is 5.85. The molecule has 1 aromatic carbocycles. The zero-order valence-corrected chi connectivity index (χ0v) is 12.8. The molecule has 0 bridgehead atoms. The maximum atomic E-state index is 11.8. The van der Waals surface area contributed by atoms with Crippen molar-refractivity contribution < 1.29 is 14.7 Å². The third-order valence-corrected chi connectivity index (χ3v) is 3.54. The molecule has 0 atom stereocenters. The molecule has 0 aliphatic carbocycles. The molecule has 0 saturated heterocycles. The summed E-state index contributed by atoms with van der Waals surface area (Å²) >= 11 is 12.8. The summed E-state index contributed by atoms with van der Waals surface area (Å²) < 4.78 is 0. The summed E-state index contributed by atoms with van der Waals surface area (Å²) in [7, 11) is 0. The Balaban J connectivity index is 2.22. The van der Waals surface area contributed by atoms with Crippen molar-refractivity contribution in [2.45, 2.75) is 6.92 Å². The van der Waals surface area contributed by atoms with Crippen molar-refractivity contribution in [2.24, 2.45) is 0 Å². The van der Waals surface area contributed by atoms with E-state index in [-0.39, 0.29) is 26.4 Å². The summed E-state index contributed by atoms with van der Waals surface area (Å²) in [4.78, 5) is 23.0. The molecule has 0 radical (unpaired) electrons. The summed E-state index contributed by atoms with van der Waals surface area (Å²) in [6, 6.07) is 1.85. The molecule has 0 spiro atoms. The van der Waals surface area contributed by atoms with Crippen LogP contribution in [0.3, 0.4) is 0 Å². The van der Waals surface area contributed by atoms with Gasteiger partial charge in [-0.1, -0.05) is 34.5 Å². The molecule has 21 heavy (non-hydrogen) atoms. The lowest BCUT2D eigenvalue weighted by Crippen LogP contribution is -2.21. The number of anilines is 2. The summed E-state index contributed by atoms with van der Waals surface area (Å²) in [5, 5.41) is 22.5. The molecular formula is C11H8Cl2N4O3S. The number of carboxylic acid groups (broad SMARTS) is 1. The van der Waals surface area contributed by atoms with Crippen LogP contribution in [-0.2, 0) is 0 Å². The highest BCUT2D eigenvalue weighted by Gasteiger charge is 2.18. The van der Waals surface area contributed by atoms with Gasteiger partial charge in [-0.25, -0.2) is 9.59 Å². The SMILES string of the molecule is Cc1nnc(NC(=O)Nc2c(Cl)cc(Cl)cc2C(=O)O)s1. The van der Waals surface area contributed by atoms with Gasteiger partial charge in [0.05, 0.1) is 16.3 Å². The number of halogens is 2. The highest BCUT2D eigenvalue weighted by atomic mass is 35.5. The lowest BCUT2D eigenvalue weighted by atomic mass is 10.2. The van der Waals surface area contributed by atoms with E-state index in [0.717, 1.165) is 0 Å². The van der Waals surface area contributed by atoms with Crippen LogP contribution >= 0.6 is 34.5 Å². The van der Waals surface area contributed by atoms with Crippen molar-refractivity contribution in [1.82, 2.24) is 10.2 Å². The number of carboxylic acids is 1. The van der Waals surface area contributed by atoms with E-state index in [2.05, 4.69) is 20.8 Å². The molecule has 1 heterocycles. The number of hydrogen-bond donors (Lipinski definition) is 3. The molecule has 0 aliphatic heterocycles. The number of aryl methyl sites for hydroxylation is 1. The number of carbonyl (C=O) groups excluding carboxylic acids is 1. The second kappa shape index (κ2) is 6.25. The van der Waals surface area contributed by atoms with E-state index in [1.165, 1.54) is 23.5 Å². The minimum absolute atomic E-state index is 0.0171. The Hall–Kier alpha value is -1.90. The van der Waals surface area contributed by atoms with Crippen LogP contribution in [0.2, 0.25) is 10.0 Å². The lowest BCUT2D eigenvalue weighted by molar-refractivity contribution is 0.0698. The average Bonchev–Trinajstić information content (AvgIpc) is 2.77. The summed E-state index contributed by atoms with van der Waals surface area (Å²) in [5.74, 6) is -1.26. The first kappa shape index (κ1) is 15.5. The zero-order valence-electron chi connectivity index (χ0n) is 10.5. The van der Waals surface area contributed by atoms with E-state index in [1.54, 1.807) is 6.92 Å². The number of carbonyl (C=O) groups is 2. The first-order valence-electron chi connectivity index (χ1n) is 5.47. The lowest BCUT2D eigenvalue weighted by Gasteiger charge is -2.11. The molecule has 2 amide bonds. The highest BCUT2D eigenvalue weighted by Crippen LogP contribution is 2.30. The van der Waals surface area contributed by atoms with Crippen LogP contribution in [0.5, 0.6) is 0 Å². The molecule has 2 rings (SSSR count). The van der Waals surface area contributed by atoms with Crippen molar-refractivity contribution in [2.75, 3.05) is 10.6 Å². The van der Waals surface area contributed by atoms with Gasteiger partial charge in [-0.15, -0.1) is 10.2 Å². The van der Waals surface area contributed by atoms with Gasteiger partial charge < -0.3 is 10.4 Å². The Morgan fingerprint density at radius 3 is 2.52 bits per heavy atom. The van der Waals surface area contributed by atoms with Crippen LogP contribution in [-0.4, -0.2) is 27.3 Å². The number of nitrogens with zero attached hydrogens (tertiary/aromatic N) is 2. The standard InChI is InChI=1S/C11H8Cl2N4O3S/c1-4-16-17-11(21-4)15-10(20)14-8-6(9(18)19)2-5(12)3-7(8)13/h2-3H,1H3,(H,18,19)(H2,14,15,17,20). The van der Waals surface area contributed by atoms with Gasteiger partial charge in [-0.2, -0.15) is 0 Å². The van der Waals surface area contributed by atoms with Gasteiger partial charge in [0, 0.05) is 5.02 Å². The number of urea groups is 1. The number of benzene rings is 1. The molecule has 10 heteroatoms. The topological polar surface area (TPSA) is 104 Å². The molecule has 2 aromatic rings. The largest absolute Gasteiger partial charge is 0.478 e. The fraction of sp³-hybridized carbons (Fsp3) is 0.0909. The van der Waals surface area contributed by atoms with Crippen molar-refractivity contribution in [3.8, 4) is 0 Å². The minimum atomic E-state index is -1.26. The third-order valence-electron chi connectivity index (χ3n) is 2.27. The van der Waals surface area contributed by atoms with Gasteiger partial charge in [0.15, 0.2) is 0 Å². The van der Waals surface area contributed by atoms with Crippen LogP contribution in [0.15, 0.2) is 12.1 Å². The van der Waals surface area contributed by atoms with Crippen molar-refractivity contribution in [1.29, 1.82) is 0 Å². The molecule has 0 fully saturated rings. The monoisotopic (exact) mass is 346 g/mol. The van der Waals surface area contributed by atoms with E-state index in [9.17, 15) is 9.59 Å². The van der Waals surface area contributed by atoms with Crippen LogP contribution in [0.1, 0.15) is 15.4 Å². The quantitative estimate of drug-likeness (QED) is 0.788. The Kier molecular flexibility index (Phi) is 4.61. The van der Waals surface area contributed by atoms with E-state index in [0.29, 0.717) is 5.01 Å². The normalized spacial score (nSPS) is 10.2. The predicted octanol–water partition coefficient (Wildman–Crippen LogP) is 3.50. The molecule has 0 aliphatic rings. The number of aromatic carboxylic acids is 1. The van der Waals surface area contributed by atoms with E-state index < -0.39 is 12.0 Å². The molecule has 0 unspecified atom stereocenters. The average molecular weight is 347 g/mol. The number of amides is 2. The van der Waals surface area contributed by atoms with Crippen molar-refractivity contribution in [3.05, 3.63) is 32.7 Å². The molecule has 110 valence electrons. The van der Waals surface area contributed by atoms with Gasteiger partial charge in [-0.05, 0) is 19.1 Å². The third kappa shape index (κ3) is 3.81. The first-order valence-corrected chi connectivity index (χ1v) is 7.04. The Morgan fingerprint density at radius 1 is 1.24 bits per heavy atom. The van der Waals surface area contributed by atoms with Gasteiger partial charge in [0.1, 0.15) is 5.01 Å². The fourth-order valence-electron chi connectivity index (χ4n) is 1.46. The summed E-state index contributed by atoms with van der Waals surface area (Å²) in [5.41, 5.74) is -0.261.